The largest absolute Gasteiger partial charge is 0.325 e. The van der Waals surface area contributed by atoms with Crippen LogP contribution in [-0.4, -0.2) is 56.7 Å². The average molecular weight is 396 g/mol. The minimum absolute atomic E-state index is 0.188. The zero-order valence-electron chi connectivity index (χ0n) is 14.8. The second-order valence-corrected chi connectivity index (χ2v) is 6.84. The molecule has 5 heterocycles. The van der Waals surface area contributed by atoms with Crippen molar-refractivity contribution in [1.29, 1.82) is 0 Å². The Labute approximate surface area is 163 Å². The van der Waals surface area contributed by atoms with Crippen molar-refractivity contribution >= 4 is 23.2 Å². The zero-order chi connectivity index (χ0) is 19.3. The molecule has 0 fully saturated rings. The fourth-order valence-corrected chi connectivity index (χ4v) is 3.52. The van der Waals surface area contributed by atoms with E-state index in [1.54, 1.807) is 29.4 Å². The molecule has 28 heavy (non-hydrogen) atoms. The van der Waals surface area contributed by atoms with Gasteiger partial charge < -0.3 is 9.47 Å². The number of hydrogen-bond acceptors (Lipinski definition) is 7. The van der Waals surface area contributed by atoms with Gasteiger partial charge in [0.1, 0.15) is 12.0 Å². The summed E-state index contributed by atoms with van der Waals surface area (Å²) >= 11 is 5.94. The minimum Gasteiger partial charge on any atom is -0.325 e. The van der Waals surface area contributed by atoms with E-state index in [9.17, 15) is 4.79 Å². The van der Waals surface area contributed by atoms with Crippen LogP contribution in [0.2, 0.25) is 5.02 Å². The molecule has 1 unspecified atom stereocenters. The molecule has 0 spiro atoms. The van der Waals surface area contributed by atoms with E-state index in [1.807, 2.05) is 11.5 Å². The lowest BCUT2D eigenvalue weighted by Crippen LogP contribution is -2.41. The number of carbonyl (C=O) groups excluding carboxylic acids is 1. The van der Waals surface area contributed by atoms with Crippen LogP contribution in [0.5, 0.6) is 0 Å². The van der Waals surface area contributed by atoms with Gasteiger partial charge in [0.2, 0.25) is 0 Å². The number of carbonyl (C=O) groups is 1. The molecule has 1 atom stereocenters. The van der Waals surface area contributed by atoms with Crippen molar-refractivity contribution < 1.29 is 4.79 Å². The summed E-state index contributed by atoms with van der Waals surface area (Å²) in [5, 5.41) is 13.3. The summed E-state index contributed by atoms with van der Waals surface area (Å²) in [4.78, 5) is 27.1. The first-order valence-corrected chi connectivity index (χ1v) is 9.01. The maximum atomic E-state index is 13.1. The Balaban J connectivity index is 1.46. The summed E-state index contributed by atoms with van der Waals surface area (Å²) in [7, 11) is 0. The lowest BCUT2D eigenvalue weighted by molar-refractivity contribution is 0.0632. The van der Waals surface area contributed by atoms with Gasteiger partial charge in [0.25, 0.3) is 5.91 Å². The minimum atomic E-state index is -0.259. The third-order valence-electron chi connectivity index (χ3n) is 4.76. The van der Waals surface area contributed by atoms with E-state index in [2.05, 4.69) is 30.2 Å². The van der Waals surface area contributed by atoms with E-state index >= 15 is 0 Å². The molecule has 11 heteroatoms. The van der Waals surface area contributed by atoms with Crippen molar-refractivity contribution in [3.05, 3.63) is 53.6 Å². The van der Waals surface area contributed by atoms with Crippen molar-refractivity contribution in [2.75, 3.05) is 6.54 Å². The Bertz CT molecular complexity index is 1190. The number of aromatic nitrogens is 8. The summed E-state index contributed by atoms with van der Waals surface area (Å²) in [5.74, 6) is 1.19. The van der Waals surface area contributed by atoms with Gasteiger partial charge in [0, 0.05) is 31.5 Å². The molecule has 1 amide bonds. The normalized spacial score (nSPS) is 16.4. The molecule has 0 aliphatic carbocycles. The molecule has 0 aromatic carbocycles. The van der Waals surface area contributed by atoms with Crippen LogP contribution in [0.4, 0.5) is 0 Å². The zero-order valence-corrected chi connectivity index (χ0v) is 15.5. The van der Waals surface area contributed by atoms with Gasteiger partial charge in [-0.05, 0) is 13.0 Å². The second-order valence-electron chi connectivity index (χ2n) is 6.41. The molecule has 0 radical (unpaired) electrons. The molecule has 4 aromatic rings. The summed E-state index contributed by atoms with van der Waals surface area (Å²) in [5.41, 5.74) is 1.57. The standard InChI is InChI=1S/C17H14ClN9O/c1-10-15-22-23-16(12-2-3-19-9-21-12)26(15)5-4-25(10)17(28)13-6-14-20-7-11(18)8-27(14)24-13/h2-3,6-10H,4-5H2,1H3. The second kappa shape index (κ2) is 6.34. The number of halogens is 1. The highest BCUT2D eigenvalue weighted by Gasteiger charge is 2.33. The van der Waals surface area contributed by atoms with Crippen LogP contribution >= 0.6 is 11.6 Å². The smallest absolute Gasteiger partial charge is 0.275 e. The molecule has 0 saturated carbocycles. The Hall–Kier alpha value is -3.40. The van der Waals surface area contributed by atoms with Crippen LogP contribution in [-0.2, 0) is 6.54 Å². The third-order valence-corrected chi connectivity index (χ3v) is 4.95. The molecule has 0 bridgehead atoms. The monoisotopic (exact) mass is 395 g/mol. The molecule has 0 N–H and O–H groups in total. The molecular weight excluding hydrogens is 382 g/mol. The number of amides is 1. The number of fused-ring (bicyclic) bond motifs is 2. The van der Waals surface area contributed by atoms with Gasteiger partial charge >= 0.3 is 0 Å². The summed E-state index contributed by atoms with van der Waals surface area (Å²) in [6.07, 6.45) is 6.27. The van der Waals surface area contributed by atoms with Gasteiger partial charge in [-0.15, -0.1) is 10.2 Å². The molecular formula is C17H14ClN9O. The summed E-state index contributed by atoms with van der Waals surface area (Å²) in [6, 6.07) is 3.18. The molecule has 1 aliphatic rings. The Morgan fingerprint density at radius 2 is 2.14 bits per heavy atom. The highest BCUT2D eigenvalue weighted by Crippen LogP contribution is 2.28. The van der Waals surface area contributed by atoms with Gasteiger partial charge in [-0.25, -0.2) is 19.5 Å². The molecule has 140 valence electrons. The van der Waals surface area contributed by atoms with E-state index in [0.717, 1.165) is 0 Å². The fraction of sp³-hybridized carbons (Fsp3) is 0.235. The molecule has 5 rings (SSSR count). The van der Waals surface area contributed by atoms with E-state index in [0.29, 0.717) is 46.8 Å². The van der Waals surface area contributed by atoms with E-state index in [4.69, 9.17) is 11.6 Å². The Kier molecular flexibility index (Phi) is 3.79. The molecule has 0 saturated heterocycles. The quantitative estimate of drug-likeness (QED) is 0.507. The van der Waals surface area contributed by atoms with Crippen molar-refractivity contribution in [3.63, 3.8) is 0 Å². The SMILES string of the molecule is CC1c2nnc(-c3ccncn3)n2CCN1C(=O)c1cc2ncc(Cl)cn2n1. The lowest BCUT2D eigenvalue weighted by atomic mass is 10.2. The number of nitrogens with zero attached hydrogens (tertiary/aromatic N) is 9. The first-order chi connectivity index (χ1) is 13.6. The predicted molar refractivity (Wildman–Crippen MR) is 98.5 cm³/mol. The first kappa shape index (κ1) is 16.8. The Morgan fingerprint density at radius 1 is 1.25 bits per heavy atom. The van der Waals surface area contributed by atoms with Crippen LogP contribution in [0.15, 0.2) is 37.1 Å². The van der Waals surface area contributed by atoms with Gasteiger partial charge in [-0.1, -0.05) is 11.6 Å². The topological polar surface area (TPSA) is 107 Å². The molecule has 1 aliphatic heterocycles. The van der Waals surface area contributed by atoms with Crippen LogP contribution in [0.25, 0.3) is 17.2 Å². The van der Waals surface area contributed by atoms with Gasteiger partial charge in [-0.2, -0.15) is 5.10 Å². The van der Waals surface area contributed by atoms with Crippen LogP contribution in [0, 0.1) is 0 Å². The van der Waals surface area contributed by atoms with Crippen LogP contribution < -0.4 is 0 Å². The van der Waals surface area contributed by atoms with Gasteiger partial charge in [0.15, 0.2) is 23.0 Å². The predicted octanol–water partition coefficient (Wildman–Crippen LogP) is 1.65. The highest BCUT2D eigenvalue weighted by atomic mass is 35.5. The summed E-state index contributed by atoms with van der Waals surface area (Å²) in [6.45, 7) is 2.99. The Morgan fingerprint density at radius 3 is 2.96 bits per heavy atom. The number of rotatable bonds is 2. The van der Waals surface area contributed by atoms with E-state index in [-0.39, 0.29) is 11.9 Å². The van der Waals surface area contributed by atoms with Crippen LogP contribution in [0.3, 0.4) is 0 Å². The van der Waals surface area contributed by atoms with E-state index in [1.165, 1.54) is 17.0 Å². The maximum Gasteiger partial charge on any atom is 0.275 e. The van der Waals surface area contributed by atoms with Crippen molar-refractivity contribution in [1.82, 2.24) is 44.2 Å². The van der Waals surface area contributed by atoms with Gasteiger partial charge in [-0.3, -0.25) is 4.79 Å². The van der Waals surface area contributed by atoms with Gasteiger partial charge in [0.05, 0.1) is 17.3 Å². The fourth-order valence-electron chi connectivity index (χ4n) is 3.38. The third kappa shape index (κ3) is 2.61. The van der Waals surface area contributed by atoms with Crippen molar-refractivity contribution in [3.8, 4) is 11.5 Å². The summed E-state index contributed by atoms with van der Waals surface area (Å²) < 4.78 is 3.49. The molecule has 4 aromatic heterocycles. The van der Waals surface area contributed by atoms with Crippen LogP contribution in [0.1, 0.15) is 29.3 Å². The van der Waals surface area contributed by atoms with Crippen molar-refractivity contribution in [2.45, 2.75) is 19.5 Å². The average Bonchev–Trinajstić information content (AvgIpc) is 3.32. The first-order valence-electron chi connectivity index (χ1n) is 8.63. The van der Waals surface area contributed by atoms with Crippen molar-refractivity contribution in [2.24, 2.45) is 0 Å². The highest BCUT2D eigenvalue weighted by molar-refractivity contribution is 6.30. The maximum absolute atomic E-state index is 13.1. The van der Waals surface area contributed by atoms with E-state index < -0.39 is 0 Å². The number of hydrogen-bond donors (Lipinski definition) is 0. The molecule has 10 nitrogen and oxygen atoms in total. The lowest BCUT2D eigenvalue weighted by Gasteiger charge is -2.33.